The average Bonchev–Trinajstić information content (AvgIpc) is 2.33. The van der Waals surface area contributed by atoms with Gasteiger partial charge in [0.2, 0.25) is 5.91 Å². The summed E-state index contributed by atoms with van der Waals surface area (Å²) in [5.41, 5.74) is 0. The van der Waals surface area contributed by atoms with Crippen molar-refractivity contribution in [2.75, 3.05) is 6.61 Å². The minimum Gasteiger partial charge on any atom is -0.351 e. The highest BCUT2D eigenvalue weighted by Gasteiger charge is 2.13. The molecule has 0 heterocycles. The molecule has 0 aliphatic heterocycles. The van der Waals surface area contributed by atoms with Gasteiger partial charge in [-0.25, -0.2) is 5.90 Å². The van der Waals surface area contributed by atoms with Crippen LogP contribution in [0.3, 0.4) is 0 Å². The molecule has 1 saturated carbocycles. The highest BCUT2D eigenvalue weighted by Crippen LogP contribution is 2.16. The van der Waals surface area contributed by atoms with Crippen LogP contribution in [0.2, 0.25) is 0 Å². The fraction of sp³-hybridized carbons (Fsp3) is 0.889. The third kappa shape index (κ3) is 4.24. The fourth-order valence-electron chi connectivity index (χ4n) is 1.77. The molecule has 0 atom stereocenters. The summed E-state index contributed by atoms with van der Waals surface area (Å²) in [6, 6.07) is 0.338. The molecule has 1 amide bonds. The van der Waals surface area contributed by atoms with Gasteiger partial charge in [-0.05, 0) is 12.8 Å². The van der Waals surface area contributed by atoms with Crippen molar-refractivity contribution >= 4 is 5.91 Å². The van der Waals surface area contributed by atoms with E-state index in [1.54, 1.807) is 0 Å². The van der Waals surface area contributed by atoms with Gasteiger partial charge in [-0.2, -0.15) is 0 Å². The Morgan fingerprint density at radius 1 is 1.31 bits per heavy atom. The van der Waals surface area contributed by atoms with Crippen LogP contribution in [-0.2, 0) is 9.63 Å². The fourth-order valence-corrected chi connectivity index (χ4v) is 1.77. The van der Waals surface area contributed by atoms with E-state index in [2.05, 4.69) is 10.2 Å². The molecule has 3 N–H and O–H groups in total. The number of rotatable bonds is 3. The van der Waals surface area contributed by atoms with Crippen molar-refractivity contribution in [1.29, 1.82) is 0 Å². The van der Waals surface area contributed by atoms with Crippen LogP contribution < -0.4 is 11.2 Å². The van der Waals surface area contributed by atoms with Gasteiger partial charge >= 0.3 is 0 Å². The predicted octanol–water partition coefficient (Wildman–Crippen LogP) is 0.716. The lowest BCUT2D eigenvalue weighted by molar-refractivity contribution is -0.126. The van der Waals surface area contributed by atoms with Crippen molar-refractivity contribution < 1.29 is 9.63 Å². The van der Waals surface area contributed by atoms with E-state index in [1.807, 2.05) is 0 Å². The Hall–Kier alpha value is -0.610. The third-order valence-corrected chi connectivity index (χ3v) is 2.43. The monoisotopic (exact) mass is 186 g/mol. The first-order valence-corrected chi connectivity index (χ1v) is 4.94. The Morgan fingerprint density at radius 2 is 1.92 bits per heavy atom. The molecule has 4 nitrogen and oxygen atoms in total. The zero-order valence-corrected chi connectivity index (χ0v) is 7.92. The minimum absolute atomic E-state index is 0.0312. The molecular formula is C9H18N2O2. The zero-order chi connectivity index (χ0) is 9.52. The lowest BCUT2D eigenvalue weighted by atomic mass is 10.1. The van der Waals surface area contributed by atoms with Crippen LogP contribution in [0.25, 0.3) is 0 Å². The molecule has 0 radical (unpaired) electrons. The van der Waals surface area contributed by atoms with Gasteiger partial charge < -0.3 is 5.32 Å². The molecule has 0 aromatic carbocycles. The average molecular weight is 186 g/mol. The summed E-state index contributed by atoms with van der Waals surface area (Å²) >= 11 is 0. The van der Waals surface area contributed by atoms with Gasteiger partial charge in [0.05, 0.1) is 0 Å². The second-order valence-corrected chi connectivity index (χ2v) is 3.57. The smallest absolute Gasteiger partial charge is 0.248 e. The molecule has 1 aliphatic rings. The Kier molecular flexibility index (Phi) is 4.78. The molecule has 13 heavy (non-hydrogen) atoms. The van der Waals surface area contributed by atoms with E-state index in [0.29, 0.717) is 6.04 Å². The minimum atomic E-state index is -0.102. The second kappa shape index (κ2) is 5.94. The molecule has 0 aromatic rings. The van der Waals surface area contributed by atoms with Crippen LogP contribution in [0.4, 0.5) is 0 Å². The molecule has 0 saturated heterocycles. The van der Waals surface area contributed by atoms with Crippen molar-refractivity contribution in [3.05, 3.63) is 0 Å². The van der Waals surface area contributed by atoms with E-state index in [0.717, 1.165) is 12.8 Å². The summed E-state index contributed by atoms with van der Waals surface area (Å²) in [6.45, 7) is -0.0312. The molecule has 0 bridgehead atoms. The van der Waals surface area contributed by atoms with Crippen molar-refractivity contribution in [3.63, 3.8) is 0 Å². The third-order valence-electron chi connectivity index (χ3n) is 2.43. The van der Waals surface area contributed by atoms with Crippen molar-refractivity contribution in [1.82, 2.24) is 5.32 Å². The van der Waals surface area contributed by atoms with Crippen LogP contribution in [0.5, 0.6) is 0 Å². The number of carbonyl (C=O) groups excluding carboxylic acids is 1. The number of hydrogen-bond acceptors (Lipinski definition) is 3. The predicted molar refractivity (Wildman–Crippen MR) is 49.8 cm³/mol. The second-order valence-electron chi connectivity index (χ2n) is 3.57. The number of nitrogens with one attached hydrogen (secondary N) is 1. The van der Waals surface area contributed by atoms with Crippen molar-refractivity contribution in [2.24, 2.45) is 5.90 Å². The first-order chi connectivity index (χ1) is 6.33. The van der Waals surface area contributed by atoms with Gasteiger partial charge in [0.15, 0.2) is 0 Å². The van der Waals surface area contributed by atoms with Crippen molar-refractivity contribution in [2.45, 2.75) is 44.6 Å². The van der Waals surface area contributed by atoms with E-state index >= 15 is 0 Å². The number of hydrogen-bond donors (Lipinski definition) is 2. The number of nitrogens with two attached hydrogens (primary N) is 1. The van der Waals surface area contributed by atoms with Gasteiger partial charge in [-0.1, -0.05) is 25.7 Å². The van der Waals surface area contributed by atoms with Crippen LogP contribution in [0.1, 0.15) is 38.5 Å². The summed E-state index contributed by atoms with van der Waals surface area (Å²) in [6.07, 6.45) is 7.20. The Bertz CT molecular complexity index is 154. The zero-order valence-electron chi connectivity index (χ0n) is 7.92. The summed E-state index contributed by atoms with van der Waals surface area (Å²) in [5, 5.41) is 2.92. The molecule has 1 fully saturated rings. The molecule has 4 heteroatoms. The number of amides is 1. The summed E-state index contributed by atoms with van der Waals surface area (Å²) in [7, 11) is 0. The summed E-state index contributed by atoms with van der Waals surface area (Å²) in [5.74, 6) is 4.70. The molecule has 0 spiro atoms. The van der Waals surface area contributed by atoms with Gasteiger partial charge in [0.1, 0.15) is 6.61 Å². The van der Waals surface area contributed by atoms with E-state index in [1.165, 1.54) is 25.7 Å². The normalized spacial score (nSPS) is 19.5. The molecule has 0 unspecified atom stereocenters. The highest BCUT2D eigenvalue weighted by molar-refractivity contribution is 5.77. The molecular weight excluding hydrogens is 168 g/mol. The maximum Gasteiger partial charge on any atom is 0.248 e. The number of carbonyl (C=O) groups is 1. The van der Waals surface area contributed by atoms with Crippen molar-refractivity contribution in [3.8, 4) is 0 Å². The van der Waals surface area contributed by atoms with Gasteiger partial charge in [-0.3, -0.25) is 9.63 Å². The topological polar surface area (TPSA) is 64.3 Å². The lowest BCUT2D eigenvalue weighted by Gasteiger charge is -2.15. The van der Waals surface area contributed by atoms with Crippen LogP contribution in [-0.4, -0.2) is 18.6 Å². The van der Waals surface area contributed by atoms with Gasteiger partial charge in [-0.15, -0.1) is 0 Å². The van der Waals surface area contributed by atoms with Crippen LogP contribution in [0.15, 0.2) is 0 Å². The maximum atomic E-state index is 11.1. The van der Waals surface area contributed by atoms with Gasteiger partial charge in [0.25, 0.3) is 0 Å². The summed E-state index contributed by atoms with van der Waals surface area (Å²) < 4.78 is 0. The van der Waals surface area contributed by atoms with Crippen LogP contribution >= 0.6 is 0 Å². The Balaban J connectivity index is 2.21. The SMILES string of the molecule is NOCC(=O)NC1CCCCCC1. The van der Waals surface area contributed by atoms with Crippen LogP contribution in [0, 0.1) is 0 Å². The quantitative estimate of drug-likeness (QED) is 0.504. The van der Waals surface area contributed by atoms with E-state index < -0.39 is 0 Å². The molecule has 76 valence electrons. The highest BCUT2D eigenvalue weighted by atomic mass is 16.6. The van der Waals surface area contributed by atoms with E-state index in [9.17, 15) is 4.79 Å². The first kappa shape index (κ1) is 10.5. The molecule has 1 aliphatic carbocycles. The Morgan fingerprint density at radius 3 is 2.46 bits per heavy atom. The summed E-state index contributed by atoms with van der Waals surface area (Å²) in [4.78, 5) is 15.4. The largest absolute Gasteiger partial charge is 0.351 e. The first-order valence-electron chi connectivity index (χ1n) is 4.94. The molecule has 0 aromatic heterocycles. The van der Waals surface area contributed by atoms with E-state index in [4.69, 9.17) is 5.90 Å². The van der Waals surface area contributed by atoms with E-state index in [-0.39, 0.29) is 12.5 Å². The standard InChI is InChI=1S/C9H18N2O2/c10-13-7-9(12)11-8-5-3-1-2-4-6-8/h8H,1-7,10H2,(H,11,12). The maximum absolute atomic E-state index is 11.1. The van der Waals surface area contributed by atoms with Gasteiger partial charge in [0, 0.05) is 6.04 Å². The lowest BCUT2D eigenvalue weighted by Crippen LogP contribution is -2.37. The molecule has 1 rings (SSSR count). The Labute approximate surface area is 78.8 Å².